The molecule has 0 bridgehead atoms. The summed E-state index contributed by atoms with van der Waals surface area (Å²) in [4.78, 5) is 12.8. The first kappa shape index (κ1) is 10.6. The zero-order chi connectivity index (χ0) is 10.5. The molecule has 3 nitrogen and oxygen atoms in total. The zero-order valence-electron chi connectivity index (χ0n) is 8.66. The smallest absolute Gasteiger partial charge is 0.220 e. The maximum absolute atomic E-state index is 11.6. The van der Waals surface area contributed by atoms with Gasteiger partial charge >= 0.3 is 0 Å². The fourth-order valence-corrected chi connectivity index (χ4v) is 2.47. The number of amides is 1. The third-order valence-electron chi connectivity index (χ3n) is 2.68. The van der Waals surface area contributed by atoms with Gasteiger partial charge in [0.05, 0.1) is 6.54 Å². The summed E-state index contributed by atoms with van der Waals surface area (Å²) in [6.07, 6.45) is 1.80. The molecular weight excluding hydrogens is 208 g/mol. The fourth-order valence-electron chi connectivity index (χ4n) is 1.82. The van der Waals surface area contributed by atoms with Gasteiger partial charge in [-0.15, -0.1) is 11.3 Å². The first-order valence-electron chi connectivity index (χ1n) is 5.34. The maximum atomic E-state index is 11.6. The van der Waals surface area contributed by atoms with Crippen molar-refractivity contribution >= 4 is 17.2 Å². The normalized spacial score (nSPS) is 20.4. The lowest BCUT2D eigenvalue weighted by Crippen LogP contribution is -2.25. The highest BCUT2D eigenvalue weighted by Gasteiger charge is 2.17. The van der Waals surface area contributed by atoms with Gasteiger partial charge in [0.1, 0.15) is 0 Å². The second-order valence-electron chi connectivity index (χ2n) is 3.92. The van der Waals surface area contributed by atoms with Crippen molar-refractivity contribution in [2.75, 3.05) is 13.1 Å². The maximum Gasteiger partial charge on any atom is 0.220 e. The Bertz CT molecular complexity index is 304. The van der Waals surface area contributed by atoms with Crippen molar-refractivity contribution in [3.05, 3.63) is 22.4 Å². The van der Waals surface area contributed by atoms with E-state index >= 15 is 0 Å². The molecule has 4 heteroatoms. The Labute approximate surface area is 93.9 Å². The summed E-state index contributed by atoms with van der Waals surface area (Å²) in [7, 11) is 0. The summed E-state index contributed by atoms with van der Waals surface area (Å²) < 4.78 is 0. The number of hydrogen-bond donors (Lipinski definition) is 2. The van der Waals surface area contributed by atoms with Crippen molar-refractivity contribution in [2.45, 2.75) is 19.4 Å². The van der Waals surface area contributed by atoms with E-state index in [1.54, 1.807) is 11.3 Å². The minimum Gasteiger partial charge on any atom is -0.351 e. The molecule has 1 atom stereocenters. The Kier molecular flexibility index (Phi) is 3.75. The molecule has 1 aliphatic rings. The van der Waals surface area contributed by atoms with E-state index in [-0.39, 0.29) is 5.91 Å². The van der Waals surface area contributed by atoms with Crippen LogP contribution in [0, 0.1) is 5.92 Å². The van der Waals surface area contributed by atoms with Crippen LogP contribution >= 0.6 is 11.3 Å². The standard InChI is InChI=1S/C11H16N2OS/c14-11(6-9-3-4-12-7-9)13-8-10-2-1-5-15-10/h1-2,5,9,12H,3-4,6-8H2,(H,13,14). The molecule has 82 valence electrons. The van der Waals surface area contributed by atoms with Gasteiger partial charge in [0.2, 0.25) is 5.91 Å². The van der Waals surface area contributed by atoms with Gasteiger partial charge in [-0.2, -0.15) is 0 Å². The lowest BCUT2D eigenvalue weighted by Gasteiger charge is -2.08. The molecule has 2 N–H and O–H groups in total. The predicted octanol–water partition coefficient (Wildman–Crippen LogP) is 1.36. The van der Waals surface area contributed by atoms with Crippen LogP contribution in [0.3, 0.4) is 0 Å². The summed E-state index contributed by atoms with van der Waals surface area (Å²) >= 11 is 1.68. The van der Waals surface area contributed by atoms with Gasteiger partial charge in [-0.05, 0) is 36.9 Å². The highest BCUT2D eigenvalue weighted by atomic mass is 32.1. The van der Waals surface area contributed by atoms with Crippen LogP contribution in [-0.2, 0) is 11.3 Å². The molecular formula is C11H16N2OS. The van der Waals surface area contributed by atoms with Crippen molar-refractivity contribution < 1.29 is 4.79 Å². The Morgan fingerprint density at radius 3 is 3.27 bits per heavy atom. The molecule has 0 aliphatic carbocycles. The highest BCUT2D eigenvalue weighted by Crippen LogP contribution is 2.12. The van der Waals surface area contributed by atoms with Crippen LogP contribution in [0.5, 0.6) is 0 Å². The average Bonchev–Trinajstić information content (AvgIpc) is 2.86. The highest BCUT2D eigenvalue weighted by molar-refractivity contribution is 7.09. The Hall–Kier alpha value is -0.870. The van der Waals surface area contributed by atoms with Crippen molar-refractivity contribution in [3.8, 4) is 0 Å². The average molecular weight is 224 g/mol. The quantitative estimate of drug-likeness (QED) is 0.811. The van der Waals surface area contributed by atoms with Crippen LogP contribution in [0.25, 0.3) is 0 Å². The summed E-state index contributed by atoms with van der Waals surface area (Å²) in [6.45, 7) is 2.73. The number of thiophene rings is 1. The van der Waals surface area contributed by atoms with Gasteiger partial charge in [0.15, 0.2) is 0 Å². The molecule has 1 unspecified atom stereocenters. The van der Waals surface area contributed by atoms with Gasteiger partial charge < -0.3 is 10.6 Å². The monoisotopic (exact) mass is 224 g/mol. The lowest BCUT2D eigenvalue weighted by atomic mass is 10.0. The van der Waals surface area contributed by atoms with E-state index in [1.165, 1.54) is 4.88 Å². The van der Waals surface area contributed by atoms with E-state index in [0.29, 0.717) is 18.9 Å². The Morgan fingerprint density at radius 2 is 2.60 bits per heavy atom. The Morgan fingerprint density at radius 1 is 1.67 bits per heavy atom. The molecule has 2 heterocycles. The van der Waals surface area contributed by atoms with Crippen molar-refractivity contribution in [1.82, 2.24) is 10.6 Å². The van der Waals surface area contributed by atoms with E-state index in [2.05, 4.69) is 10.6 Å². The van der Waals surface area contributed by atoms with Gasteiger partial charge in [-0.25, -0.2) is 0 Å². The molecule has 0 spiro atoms. The summed E-state index contributed by atoms with van der Waals surface area (Å²) in [5, 5.41) is 8.26. The van der Waals surface area contributed by atoms with Crippen LogP contribution in [-0.4, -0.2) is 19.0 Å². The molecule has 0 aromatic carbocycles. The van der Waals surface area contributed by atoms with E-state index < -0.39 is 0 Å². The third kappa shape index (κ3) is 3.32. The van der Waals surface area contributed by atoms with E-state index in [4.69, 9.17) is 0 Å². The largest absolute Gasteiger partial charge is 0.351 e. The van der Waals surface area contributed by atoms with Crippen LogP contribution in [0.15, 0.2) is 17.5 Å². The van der Waals surface area contributed by atoms with Crippen molar-refractivity contribution in [1.29, 1.82) is 0 Å². The van der Waals surface area contributed by atoms with E-state index in [1.807, 2.05) is 17.5 Å². The van der Waals surface area contributed by atoms with E-state index in [9.17, 15) is 4.79 Å². The molecule has 1 aromatic heterocycles. The third-order valence-corrected chi connectivity index (χ3v) is 3.55. The summed E-state index contributed by atoms with van der Waals surface area (Å²) in [6, 6.07) is 4.05. The number of carbonyl (C=O) groups excluding carboxylic acids is 1. The SMILES string of the molecule is O=C(CC1CCNC1)NCc1cccs1. The number of carbonyl (C=O) groups is 1. The summed E-state index contributed by atoms with van der Waals surface area (Å²) in [5.74, 6) is 0.713. The van der Waals surface area contributed by atoms with Crippen LogP contribution in [0.2, 0.25) is 0 Å². The molecule has 1 fully saturated rings. The van der Waals surface area contributed by atoms with E-state index in [0.717, 1.165) is 19.5 Å². The molecule has 1 aromatic rings. The first-order valence-corrected chi connectivity index (χ1v) is 6.22. The first-order chi connectivity index (χ1) is 7.34. The van der Waals surface area contributed by atoms with Crippen LogP contribution < -0.4 is 10.6 Å². The lowest BCUT2D eigenvalue weighted by molar-refractivity contribution is -0.122. The molecule has 0 radical (unpaired) electrons. The second kappa shape index (κ2) is 5.28. The van der Waals surface area contributed by atoms with Gasteiger partial charge in [-0.1, -0.05) is 6.07 Å². The molecule has 2 rings (SSSR count). The molecule has 15 heavy (non-hydrogen) atoms. The molecule has 1 saturated heterocycles. The Balaban J connectivity index is 1.68. The van der Waals surface area contributed by atoms with Crippen molar-refractivity contribution in [3.63, 3.8) is 0 Å². The molecule has 1 amide bonds. The van der Waals surface area contributed by atoms with Crippen LogP contribution in [0.4, 0.5) is 0 Å². The van der Waals surface area contributed by atoms with Gasteiger partial charge in [0, 0.05) is 11.3 Å². The minimum atomic E-state index is 0.178. The number of nitrogens with one attached hydrogen (secondary N) is 2. The van der Waals surface area contributed by atoms with Crippen molar-refractivity contribution in [2.24, 2.45) is 5.92 Å². The second-order valence-corrected chi connectivity index (χ2v) is 4.95. The predicted molar refractivity (Wildman–Crippen MR) is 61.8 cm³/mol. The number of hydrogen-bond acceptors (Lipinski definition) is 3. The fraction of sp³-hybridized carbons (Fsp3) is 0.545. The zero-order valence-corrected chi connectivity index (χ0v) is 9.48. The van der Waals surface area contributed by atoms with Gasteiger partial charge in [0.25, 0.3) is 0 Å². The minimum absolute atomic E-state index is 0.178. The topological polar surface area (TPSA) is 41.1 Å². The van der Waals surface area contributed by atoms with Crippen LogP contribution in [0.1, 0.15) is 17.7 Å². The molecule has 1 aliphatic heterocycles. The van der Waals surface area contributed by atoms with Gasteiger partial charge in [-0.3, -0.25) is 4.79 Å². The molecule has 0 saturated carbocycles. The summed E-state index contributed by atoms with van der Waals surface area (Å²) in [5.41, 5.74) is 0. The number of rotatable bonds is 4.